The third-order valence-electron chi connectivity index (χ3n) is 3.54. The summed E-state index contributed by atoms with van der Waals surface area (Å²) < 4.78 is 38.8. The maximum atomic E-state index is 12.9. The first kappa shape index (κ1) is 15.7. The molecule has 0 spiro atoms. The summed E-state index contributed by atoms with van der Waals surface area (Å²) in [4.78, 5) is 6.12. The minimum absolute atomic E-state index is 0.347. The average Bonchev–Trinajstić information content (AvgIpc) is 2.71. The molecule has 1 aromatic heterocycles. The highest BCUT2D eigenvalue weighted by Crippen LogP contribution is 2.35. The fourth-order valence-electron chi connectivity index (χ4n) is 2.75. The monoisotopic (exact) mass is 307 g/mol. The van der Waals surface area contributed by atoms with Gasteiger partial charge in [-0.15, -0.1) is 11.3 Å². The zero-order chi connectivity index (χ0) is 14.8. The summed E-state index contributed by atoms with van der Waals surface area (Å²) in [5.74, 6) is 0.525. The first-order valence-electron chi connectivity index (χ1n) is 6.80. The number of piperidine rings is 1. The lowest BCUT2D eigenvalue weighted by Crippen LogP contribution is -2.38. The highest BCUT2D eigenvalue weighted by atomic mass is 32.1. The van der Waals surface area contributed by atoms with Gasteiger partial charge >= 0.3 is 6.18 Å². The van der Waals surface area contributed by atoms with Crippen molar-refractivity contribution in [2.24, 2.45) is 5.92 Å². The molecule has 20 heavy (non-hydrogen) atoms. The van der Waals surface area contributed by atoms with Gasteiger partial charge in [-0.2, -0.15) is 13.2 Å². The van der Waals surface area contributed by atoms with Crippen LogP contribution in [0.25, 0.3) is 0 Å². The molecule has 0 radical (unpaired) electrons. The van der Waals surface area contributed by atoms with E-state index in [4.69, 9.17) is 0 Å². The maximum absolute atomic E-state index is 12.9. The van der Waals surface area contributed by atoms with Gasteiger partial charge < -0.3 is 5.32 Å². The Hall–Kier alpha value is -0.660. The lowest BCUT2D eigenvalue weighted by atomic mass is 9.98. The normalized spacial score (nSPS) is 21.4. The van der Waals surface area contributed by atoms with Crippen LogP contribution in [0.3, 0.4) is 0 Å². The number of nitrogens with zero attached hydrogens (tertiary/aromatic N) is 2. The molecule has 7 heteroatoms. The van der Waals surface area contributed by atoms with Crippen LogP contribution in [-0.4, -0.2) is 36.6 Å². The van der Waals surface area contributed by atoms with Crippen molar-refractivity contribution in [2.45, 2.75) is 32.5 Å². The second-order valence-corrected chi connectivity index (χ2v) is 6.59. The zero-order valence-electron chi connectivity index (χ0n) is 11.8. The number of rotatable bonds is 4. The van der Waals surface area contributed by atoms with Crippen LogP contribution in [0.15, 0.2) is 0 Å². The molecule has 1 unspecified atom stereocenters. The van der Waals surface area contributed by atoms with Crippen LogP contribution < -0.4 is 5.32 Å². The summed E-state index contributed by atoms with van der Waals surface area (Å²) in [5.41, 5.74) is -0.698. The molecule has 114 valence electrons. The number of alkyl halides is 3. The SMILES string of the molecule is CNCC1CCCN(Cc2sc(C)nc2C(F)(F)F)C1. The number of hydrogen-bond acceptors (Lipinski definition) is 4. The molecular weight excluding hydrogens is 287 g/mol. The molecule has 3 nitrogen and oxygen atoms in total. The first-order chi connectivity index (χ1) is 9.40. The summed E-state index contributed by atoms with van der Waals surface area (Å²) >= 11 is 1.16. The van der Waals surface area contributed by atoms with Crippen LogP contribution in [0.4, 0.5) is 13.2 Å². The van der Waals surface area contributed by atoms with Gasteiger partial charge in [-0.05, 0) is 45.8 Å². The van der Waals surface area contributed by atoms with Crippen molar-refractivity contribution in [1.82, 2.24) is 15.2 Å². The molecule has 0 saturated carbocycles. The molecule has 0 aliphatic carbocycles. The van der Waals surface area contributed by atoms with Gasteiger partial charge in [0.2, 0.25) is 0 Å². The molecular formula is C13H20F3N3S. The van der Waals surface area contributed by atoms with E-state index in [0.717, 1.165) is 43.8 Å². The maximum Gasteiger partial charge on any atom is 0.434 e. The predicted molar refractivity (Wildman–Crippen MR) is 73.8 cm³/mol. The molecule has 2 heterocycles. The highest BCUT2D eigenvalue weighted by Gasteiger charge is 2.37. The van der Waals surface area contributed by atoms with Gasteiger partial charge in [0.1, 0.15) is 0 Å². The van der Waals surface area contributed by atoms with Crippen molar-refractivity contribution in [2.75, 3.05) is 26.7 Å². The molecule has 1 fully saturated rings. The number of aromatic nitrogens is 1. The van der Waals surface area contributed by atoms with Crippen molar-refractivity contribution in [3.8, 4) is 0 Å². The summed E-state index contributed by atoms with van der Waals surface area (Å²) in [5, 5.41) is 3.63. The number of likely N-dealkylation sites (tertiary alicyclic amines) is 1. The quantitative estimate of drug-likeness (QED) is 0.927. The Morgan fingerprint density at radius 1 is 1.45 bits per heavy atom. The van der Waals surface area contributed by atoms with Crippen molar-refractivity contribution in [3.05, 3.63) is 15.6 Å². The van der Waals surface area contributed by atoms with Crippen LogP contribution in [-0.2, 0) is 12.7 Å². The molecule has 0 aromatic carbocycles. The Labute approximate surface area is 121 Å². The van der Waals surface area contributed by atoms with E-state index in [-0.39, 0.29) is 0 Å². The van der Waals surface area contributed by atoms with E-state index in [1.165, 1.54) is 0 Å². The minimum atomic E-state index is -4.35. The summed E-state index contributed by atoms with van der Waals surface area (Å²) in [6.07, 6.45) is -2.16. The van der Waals surface area contributed by atoms with E-state index in [0.29, 0.717) is 22.3 Å². The third-order valence-corrected chi connectivity index (χ3v) is 4.49. The van der Waals surface area contributed by atoms with Gasteiger partial charge in [-0.3, -0.25) is 4.90 Å². The summed E-state index contributed by atoms with van der Waals surface area (Å²) in [6.45, 7) is 4.64. The van der Waals surface area contributed by atoms with Gasteiger partial charge in [0, 0.05) is 13.1 Å². The summed E-state index contributed by atoms with van der Waals surface area (Å²) in [6, 6.07) is 0. The molecule has 0 bridgehead atoms. The first-order valence-corrected chi connectivity index (χ1v) is 7.62. The van der Waals surface area contributed by atoms with Gasteiger partial charge in [0.15, 0.2) is 5.69 Å². The van der Waals surface area contributed by atoms with Crippen molar-refractivity contribution in [3.63, 3.8) is 0 Å². The van der Waals surface area contributed by atoms with E-state index in [1.54, 1.807) is 6.92 Å². The number of halogens is 3. The van der Waals surface area contributed by atoms with E-state index in [2.05, 4.69) is 15.2 Å². The zero-order valence-corrected chi connectivity index (χ0v) is 12.6. The molecule has 1 aliphatic heterocycles. The Morgan fingerprint density at radius 3 is 2.85 bits per heavy atom. The molecule has 2 rings (SSSR count). The van der Waals surface area contributed by atoms with Gasteiger partial charge in [-0.25, -0.2) is 4.98 Å². The largest absolute Gasteiger partial charge is 0.434 e. The minimum Gasteiger partial charge on any atom is -0.319 e. The van der Waals surface area contributed by atoms with Gasteiger partial charge in [0.25, 0.3) is 0 Å². The van der Waals surface area contributed by atoms with E-state index >= 15 is 0 Å². The van der Waals surface area contributed by atoms with Crippen molar-refractivity contribution < 1.29 is 13.2 Å². The Kier molecular flexibility index (Phi) is 5.04. The molecule has 1 aliphatic rings. The Balaban J connectivity index is 2.06. The number of aryl methyl sites for hydroxylation is 1. The Bertz CT molecular complexity index is 443. The third kappa shape index (κ3) is 3.93. The Morgan fingerprint density at radius 2 is 2.20 bits per heavy atom. The van der Waals surface area contributed by atoms with Crippen LogP contribution in [0.2, 0.25) is 0 Å². The van der Waals surface area contributed by atoms with Crippen molar-refractivity contribution in [1.29, 1.82) is 0 Å². The molecule has 1 aromatic rings. The summed E-state index contributed by atoms with van der Waals surface area (Å²) in [7, 11) is 1.91. The number of thiazole rings is 1. The standard InChI is InChI=1S/C13H20F3N3S/c1-9-18-12(13(14,15)16)11(20-9)8-19-5-3-4-10(7-19)6-17-2/h10,17H,3-8H2,1-2H3. The average molecular weight is 307 g/mol. The van der Waals surface area contributed by atoms with E-state index < -0.39 is 11.9 Å². The molecule has 1 N–H and O–H groups in total. The van der Waals surface area contributed by atoms with Crippen LogP contribution in [0.1, 0.15) is 28.4 Å². The smallest absolute Gasteiger partial charge is 0.319 e. The fraction of sp³-hybridized carbons (Fsp3) is 0.769. The van der Waals surface area contributed by atoms with Crippen LogP contribution in [0.5, 0.6) is 0 Å². The molecule has 0 amide bonds. The van der Waals surface area contributed by atoms with E-state index in [9.17, 15) is 13.2 Å². The predicted octanol–water partition coefficient (Wildman–Crippen LogP) is 2.90. The van der Waals surface area contributed by atoms with Crippen molar-refractivity contribution >= 4 is 11.3 Å². The molecule has 1 atom stereocenters. The van der Waals surface area contributed by atoms with Crippen LogP contribution in [0, 0.1) is 12.8 Å². The van der Waals surface area contributed by atoms with Gasteiger partial charge in [0.05, 0.1) is 9.88 Å². The van der Waals surface area contributed by atoms with Crippen LogP contribution >= 0.6 is 11.3 Å². The molecule has 1 saturated heterocycles. The number of hydrogen-bond donors (Lipinski definition) is 1. The number of nitrogens with one attached hydrogen (secondary N) is 1. The highest BCUT2D eigenvalue weighted by molar-refractivity contribution is 7.11. The lowest BCUT2D eigenvalue weighted by molar-refractivity contribution is -0.141. The van der Waals surface area contributed by atoms with Gasteiger partial charge in [-0.1, -0.05) is 0 Å². The second-order valence-electron chi connectivity index (χ2n) is 5.30. The topological polar surface area (TPSA) is 28.2 Å². The second kappa shape index (κ2) is 6.41. The lowest BCUT2D eigenvalue weighted by Gasteiger charge is -2.32. The van der Waals surface area contributed by atoms with E-state index in [1.807, 2.05) is 7.05 Å². The fourth-order valence-corrected chi connectivity index (χ4v) is 3.75.